The molecule has 0 radical (unpaired) electrons. The van der Waals surface area contributed by atoms with Crippen molar-refractivity contribution in [3.05, 3.63) is 22.7 Å². The van der Waals surface area contributed by atoms with Crippen molar-refractivity contribution in [1.29, 1.82) is 0 Å². The van der Waals surface area contributed by atoms with Crippen LogP contribution in [0.15, 0.2) is 17.2 Å². The Morgan fingerprint density at radius 3 is 3.06 bits per heavy atom. The molecule has 1 unspecified atom stereocenters. The van der Waals surface area contributed by atoms with Gasteiger partial charge in [0.1, 0.15) is 0 Å². The summed E-state index contributed by atoms with van der Waals surface area (Å²) in [4.78, 5) is 18.1. The van der Waals surface area contributed by atoms with Gasteiger partial charge in [0.05, 0.1) is 0 Å². The highest BCUT2D eigenvalue weighted by molar-refractivity contribution is 5.32. The Labute approximate surface area is 95.1 Å². The molecular weight excluding hydrogens is 204 g/mol. The zero-order chi connectivity index (χ0) is 11.5. The van der Waals surface area contributed by atoms with Gasteiger partial charge in [0.25, 0.3) is 5.56 Å². The maximum absolute atomic E-state index is 11.7. The minimum atomic E-state index is -0.0595. The number of likely N-dealkylation sites (tertiary alicyclic amines) is 1. The highest BCUT2D eigenvalue weighted by Gasteiger charge is 2.18. The molecule has 1 aliphatic heterocycles. The van der Waals surface area contributed by atoms with Crippen LogP contribution < -0.4 is 10.9 Å². The Kier molecular flexibility index (Phi) is 3.24. The van der Waals surface area contributed by atoms with Crippen LogP contribution in [0.3, 0.4) is 0 Å². The van der Waals surface area contributed by atoms with Crippen molar-refractivity contribution < 1.29 is 0 Å². The van der Waals surface area contributed by atoms with Crippen LogP contribution in [0.5, 0.6) is 0 Å². The van der Waals surface area contributed by atoms with Crippen molar-refractivity contribution in [3.63, 3.8) is 0 Å². The van der Waals surface area contributed by atoms with E-state index in [-0.39, 0.29) is 5.56 Å². The molecule has 1 atom stereocenters. The summed E-state index contributed by atoms with van der Waals surface area (Å²) in [7, 11) is 3.84. The molecule has 88 valence electrons. The predicted molar refractivity (Wildman–Crippen MR) is 63.6 cm³/mol. The lowest BCUT2D eigenvalue weighted by Crippen LogP contribution is -2.41. The first-order chi connectivity index (χ1) is 7.66. The topological polar surface area (TPSA) is 50.2 Å². The molecule has 1 fully saturated rings. The number of aromatic nitrogens is 2. The summed E-state index contributed by atoms with van der Waals surface area (Å²) < 4.78 is 1.54. The van der Waals surface area contributed by atoms with Crippen LogP contribution in [-0.2, 0) is 7.05 Å². The Morgan fingerprint density at radius 2 is 2.31 bits per heavy atom. The fourth-order valence-corrected chi connectivity index (χ4v) is 2.07. The summed E-state index contributed by atoms with van der Waals surface area (Å²) in [5, 5.41) is 3.23. The van der Waals surface area contributed by atoms with Gasteiger partial charge in [0, 0.05) is 32.0 Å². The van der Waals surface area contributed by atoms with Crippen molar-refractivity contribution >= 4 is 5.82 Å². The van der Waals surface area contributed by atoms with Crippen molar-refractivity contribution in [2.45, 2.75) is 18.9 Å². The number of likely N-dealkylation sites (N-methyl/N-ethyl adjacent to an activating group) is 1. The van der Waals surface area contributed by atoms with E-state index in [0.717, 1.165) is 19.5 Å². The largest absolute Gasteiger partial charge is 0.361 e. The summed E-state index contributed by atoms with van der Waals surface area (Å²) in [6.07, 6.45) is 5.59. The number of hydrogen-bond acceptors (Lipinski definition) is 4. The third kappa shape index (κ3) is 2.41. The first kappa shape index (κ1) is 11.1. The van der Waals surface area contributed by atoms with Gasteiger partial charge in [0.2, 0.25) is 0 Å². The number of nitrogens with zero attached hydrogens (tertiary/aromatic N) is 3. The van der Waals surface area contributed by atoms with Gasteiger partial charge in [-0.25, -0.2) is 4.98 Å². The Balaban J connectivity index is 2.09. The van der Waals surface area contributed by atoms with E-state index in [0.29, 0.717) is 11.9 Å². The zero-order valence-electron chi connectivity index (χ0n) is 9.81. The Hall–Kier alpha value is -1.36. The summed E-state index contributed by atoms with van der Waals surface area (Å²) in [5.41, 5.74) is -0.0595. The van der Waals surface area contributed by atoms with Gasteiger partial charge in [-0.05, 0) is 26.4 Å². The summed E-state index contributed by atoms with van der Waals surface area (Å²) >= 11 is 0. The fraction of sp³-hybridized carbons (Fsp3) is 0.636. The lowest BCUT2D eigenvalue weighted by Gasteiger charge is -2.30. The third-order valence-corrected chi connectivity index (χ3v) is 2.98. The summed E-state index contributed by atoms with van der Waals surface area (Å²) in [6.45, 7) is 2.11. The second-order valence-corrected chi connectivity index (χ2v) is 4.44. The van der Waals surface area contributed by atoms with Gasteiger partial charge in [-0.1, -0.05) is 0 Å². The van der Waals surface area contributed by atoms with Gasteiger partial charge < -0.3 is 14.8 Å². The second kappa shape index (κ2) is 4.65. The number of anilines is 1. The number of nitrogens with one attached hydrogen (secondary N) is 1. The van der Waals surface area contributed by atoms with E-state index in [2.05, 4.69) is 22.2 Å². The van der Waals surface area contributed by atoms with E-state index in [4.69, 9.17) is 0 Å². The molecule has 5 nitrogen and oxygen atoms in total. The molecule has 0 bridgehead atoms. The van der Waals surface area contributed by atoms with Gasteiger partial charge in [0.15, 0.2) is 5.82 Å². The van der Waals surface area contributed by atoms with Gasteiger partial charge >= 0.3 is 0 Å². The van der Waals surface area contributed by atoms with Crippen LogP contribution in [0.25, 0.3) is 0 Å². The standard InChI is InChI=1S/C11H18N4O/c1-14-6-3-4-9(8-14)13-10-11(16)15(2)7-5-12-10/h5,7,9H,3-4,6,8H2,1-2H3,(H,12,13). The van der Waals surface area contributed by atoms with E-state index in [1.54, 1.807) is 24.0 Å². The van der Waals surface area contributed by atoms with Crippen LogP contribution in [0.2, 0.25) is 0 Å². The third-order valence-electron chi connectivity index (χ3n) is 2.98. The SMILES string of the molecule is CN1CCCC(Nc2nccn(C)c2=O)C1. The fourth-order valence-electron chi connectivity index (χ4n) is 2.07. The molecule has 0 spiro atoms. The lowest BCUT2D eigenvalue weighted by atomic mass is 10.1. The van der Waals surface area contributed by atoms with Crippen molar-refractivity contribution in [2.75, 3.05) is 25.5 Å². The Morgan fingerprint density at radius 1 is 1.50 bits per heavy atom. The van der Waals surface area contributed by atoms with E-state index >= 15 is 0 Å². The van der Waals surface area contributed by atoms with Gasteiger partial charge in [-0.3, -0.25) is 4.79 Å². The van der Waals surface area contributed by atoms with E-state index in [1.807, 2.05) is 0 Å². The predicted octanol–water partition coefficient (Wildman–Crippen LogP) is 0.286. The molecule has 1 aromatic rings. The molecular formula is C11H18N4O. The summed E-state index contributed by atoms with van der Waals surface area (Å²) in [6, 6.07) is 0.335. The smallest absolute Gasteiger partial charge is 0.293 e. The van der Waals surface area contributed by atoms with Crippen LogP contribution >= 0.6 is 0 Å². The van der Waals surface area contributed by atoms with Gasteiger partial charge in [-0.2, -0.15) is 0 Å². The Bertz CT molecular complexity index is 415. The number of hydrogen-bond donors (Lipinski definition) is 1. The van der Waals surface area contributed by atoms with Crippen LogP contribution in [0, 0.1) is 0 Å². The van der Waals surface area contributed by atoms with Crippen molar-refractivity contribution in [2.24, 2.45) is 7.05 Å². The zero-order valence-corrected chi connectivity index (χ0v) is 9.81. The maximum atomic E-state index is 11.7. The molecule has 1 aliphatic rings. The minimum absolute atomic E-state index is 0.0595. The number of rotatable bonds is 2. The molecule has 5 heteroatoms. The molecule has 2 rings (SSSR count). The molecule has 0 aliphatic carbocycles. The van der Waals surface area contributed by atoms with Crippen LogP contribution in [0.1, 0.15) is 12.8 Å². The van der Waals surface area contributed by atoms with E-state index < -0.39 is 0 Å². The summed E-state index contributed by atoms with van der Waals surface area (Å²) in [5.74, 6) is 0.463. The van der Waals surface area contributed by atoms with Crippen LogP contribution in [0.4, 0.5) is 5.82 Å². The minimum Gasteiger partial charge on any atom is -0.361 e. The number of aryl methyl sites for hydroxylation is 1. The lowest BCUT2D eigenvalue weighted by molar-refractivity contribution is 0.260. The average molecular weight is 222 g/mol. The highest BCUT2D eigenvalue weighted by atomic mass is 16.1. The van der Waals surface area contributed by atoms with E-state index in [9.17, 15) is 4.79 Å². The molecule has 16 heavy (non-hydrogen) atoms. The van der Waals surface area contributed by atoms with Crippen molar-refractivity contribution in [3.8, 4) is 0 Å². The molecule has 1 aromatic heterocycles. The molecule has 1 saturated heterocycles. The van der Waals surface area contributed by atoms with Crippen LogP contribution in [-0.4, -0.2) is 40.6 Å². The molecule has 0 amide bonds. The quantitative estimate of drug-likeness (QED) is 0.781. The molecule has 0 aromatic carbocycles. The maximum Gasteiger partial charge on any atom is 0.293 e. The van der Waals surface area contributed by atoms with Gasteiger partial charge in [-0.15, -0.1) is 0 Å². The molecule has 2 heterocycles. The first-order valence-electron chi connectivity index (χ1n) is 5.63. The molecule has 1 N–H and O–H groups in total. The molecule has 0 saturated carbocycles. The second-order valence-electron chi connectivity index (χ2n) is 4.44. The highest BCUT2D eigenvalue weighted by Crippen LogP contribution is 2.11. The van der Waals surface area contributed by atoms with Crippen molar-refractivity contribution in [1.82, 2.24) is 14.5 Å². The first-order valence-corrected chi connectivity index (χ1v) is 5.63. The monoisotopic (exact) mass is 222 g/mol. The van der Waals surface area contributed by atoms with E-state index in [1.165, 1.54) is 6.42 Å². The average Bonchev–Trinajstić information content (AvgIpc) is 2.25. The normalized spacial score (nSPS) is 22.0. The number of piperidine rings is 1.